The van der Waals surface area contributed by atoms with Crippen LogP contribution in [0.3, 0.4) is 0 Å². The molecule has 35 heavy (non-hydrogen) atoms. The Morgan fingerprint density at radius 2 is 0.971 bits per heavy atom. The van der Waals surface area contributed by atoms with Crippen molar-refractivity contribution in [2.24, 2.45) is 0 Å². The average molecular weight is 516 g/mol. The van der Waals surface area contributed by atoms with Crippen LogP contribution in [0.25, 0.3) is 11.1 Å². The van der Waals surface area contributed by atoms with Crippen LogP contribution in [0.5, 0.6) is 0 Å². The van der Waals surface area contributed by atoms with Crippen LogP contribution >= 0.6 is 0 Å². The molecule has 4 aromatic carbocycles. The molecule has 0 bridgehead atoms. The van der Waals surface area contributed by atoms with Gasteiger partial charge in [-0.15, -0.1) is 0 Å². The van der Waals surface area contributed by atoms with Gasteiger partial charge in [0.05, 0.1) is 0 Å². The summed E-state index contributed by atoms with van der Waals surface area (Å²) in [6.07, 6.45) is -2.46. The van der Waals surface area contributed by atoms with Crippen LogP contribution in [-0.4, -0.2) is 46.4 Å². The molecule has 0 aliphatic carbocycles. The van der Waals surface area contributed by atoms with Crippen molar-refractivity contribution in [3.8, 4) is 11.1 Å². The third kappa shape index (κ3) is 5.15. The Balaban J connectivity index is 0.00000289. The van der Waals surface area contributed by atoms with Crippen molar-refractivity contribution in [1.82, 2.24) is 0 Å². The van der Waals surface area contributed by atoms with Gasteiger partial charge in [0.2, 0.25) is 0 Å². The van der Waals surface area contributed by atoms with E-state index in [1.54, 1.807) is 97.1 Å². The molecule has 0 aromatic heterocycles. The Morgan fingerprint density at radius 1 is 0.514 bits per heavy atom. The minimum Gasteiger partial charge on any atom is -0.255 e. The number of hydrogen-bond donors (Lipinski definition) is 0. The molecule has 0 amide bonds. The summed E-state index contributed by atoms with van der Waals surface area (Å²) in [5.74, 6) is 0. The molecule has 0 saturated carbocycles. The molecule has 0 saturated heterocycles. The minimum atomic E-state index is -4.55. The second kappa shape index (κ2) is 10.4. The van der Waals surface area contributed by atoms with Gasteiger partial charge < -0.3 is 0 Å². The van der Waals surface area contributed by atoms with E-state index in [0.29, 0.717) is 16.7 Å². The molecule has 1 radical (unpaired) electrons. The van der Waals surface area contributed by atoms with Crippen molar-refractivity contribution in [3.05, 3.63) is 120 Å². The summed E-state index contributed by atoms with van der Waals surface area (Å²) in [6, 6.07) is 30.1. The molecule has 2 atom stereocenters. The van der Waals surface area contributed by atoms with Crippen LogP contribution in [-0.2, 0) is 28.6 Å². The second-order valence-electron chi connectivity index (χ2n) is 7.76. The van der Waals surface area contributed by atoms with Gasteiger partial charge in [-0.05, 0) is 22.8 Å². The van der Waals surface area contributed by atoms with E-state index in [4.69, 9.17) is 8.37 Å². The van der Waals surface area contributed by atoms with E-state index in [9.17, 15) is 16.8 Å². The SMILES string of the molecule is O=S1(=O)OC(c2ccccc2)C(c2ccccc2)OS(=O)(=O)c2c(-c3ccccc3)cccc21.[Na]. The van der Waals surface area contributed by atoms with Gasteiger partial charge in [0, 0.05) is 35.1 Å². The topological polar surface area (TPSA) is 86.7 Å². The average Bonchev–Trinajstić information content (AvgIpc) is 2.87. The van der Waals surface area contributed by atoms with Crippen LogP contribution in [0.15, 0.2) is 119 Å². The molecule has 1 aliphatic rings. The minimum absolute atomic E-state index is 0. The fourth-order valence-corrected chi connectivity index (χ4v) is 7.17. The fraction of sp³-hybridized carbons (Fsp3) is 0.0769. The van der Waals surface area contributed by atoms with Crippen LogP contribution in [0, 0.1) is 0 Å². The first-order chi connectivity index (χ1) is 16.4. The second-order valence-corrected chi connectivity index (χ2v) is 10.8. The number of benzene rings is 4. The maximum absolute atomic E-state index is 13.7. The Kier molecular flexibility index (Phi) is 7.63. The molecule has 0 spiro atoms. The largest absolute Gasteiger partial charge is 0.299 e. The molecule has 6 nitrogen and oxygen atoms in total. The third-order valence-electron chi connectivity index (χ3n) is 5.57. The molecule has 5 rings (SSSR count). The zero-order valence-electron chi connectivity index (χ0n) is 18.8. The fourth-order valence-electron chi connectivity index (χ4n) is 4.04. The third-order valence-corrected chi connectivity index (χ3v) is 8.44. The van der Waals surface area contributed by atoms with E-state index in [1.807, 2.05) is 0 Å². The molecule has 1 aliphatic heterocycles. The summed E-state index contributed by atoms with van der Waals surface area (Å²) < 4.78 is 66.1. The first-order valence-corrected chi connectivity index (χ1v) is 13.3. The van der Waals surface area contributed by atoms with E-state index in [-0.39, 0.29) is 35.1 Å². The first-order valence-electron chi connectivity index (χ1n) is 10.5. The molecule has 9 heteroatoms. The predicted octanol–water partition coefficient (Wildman–Crippen LogP) is 4.88. The van der Waals surface area contributed by atoms with Gasteiger partial charge in [-0.1, -0.05) is 103 Å². The molecule has 2 unspecified atom stereocenters. The zero-order valence-corrected chi connectivity index (χ0v) is 22.4. The monoisotopic (exact) mass is 515 g/mol. The van der Waals surface area contributed by atoms with Crippen LogP contribution in [0.2, 0.25) is 0 Å². The number of rotatable bonds is 3. The van der Waals surface area contributed by atoms with Crippen LogP contribution in [0.1, 0.15) is 23.3 Å². The van der Waals surface area contributed by atoms with Gasteiger partial charge in [-0.2, -0.15) is 16.8 Å². The number of hydrogen-bond acceptors (Lipinski definition) is 6. The first kappa shape index (κ1) is 25.8. The molecule has 173 valence electrons. The van der Waals surface area contributed by atoms with Gasteiger partial charge in [-0.3, -0.25) is 8.37 Å². The summed E-state index contributed by atoms with van der Waals surface area (Å²) in [5, 5.41) is 0. The van der Waals surface area contributed by atoms with Crippen LogP contribution in [0.4, 0.5) is 0 Å². The van der Waals surface area contributed by atoms with Crippen molar-refractivity contribution in [1.29, 1.82) is 0 Å². The van der Waals surface area contributed by atoms with Crippen molar-refractivity contribution in [2.45, 2.75) is 22.0 Å². The summed E-state index contributed by atoms with van der Waals surface area (Å²) >= 11 is 0. The standard InChI is InChI=1S/C26H20O6S2.Na/c27-33(28)23-18-10-17-22(19-11-4-1-5-12-19)26(23)34(29,30)32-25(21-15-8-3-9-16-21)24(31-33)20-13-6-2-7-14-20;/h1-18,24-25H;. The van der Waals surface area contributed by atoms with E-state index in [0.717, 1.165) is 0 Å². The van der Waals surface area contributed by atoms with E-state index in [1.165, 1.54) is 12.1 Å². The summed E-state index contributed by atoms with van der Waals surface area (Å²) in [7, 11) is -9.05. The van der Waals surface area contributed by atoms with Gasteiger partial charge in [-0.25, -0.2) is 0 Å². The Hall–Kier alpha value is -2.30. The quantitative estimate of drug-likeness (QED) is 0.286. The van der Waals surface area contributed by atoms with Gasteiger partial charge in [0.15, 0.2) is 0 Å². The molecule has 4 aromatic rings. The Labute approximate surface area is 227 Å². The Bertz CT molecular complexity index is 1530. The Morgan fingerprint density at radius 3 is 1.49 bits per heavy atom. The summed E-state index contributed by atoms with van der Waals surface area (Å²) in [4.78, 5) is -0.894. The zero-order chi connectivity index (χ0) is 23.8. The molecule has 0 fully saturated rings. The molecule has 1 heterocycles. The normalized spacial score (nSPS) is 20.5. The van der Waals surface area contributed by atoms with Gasteiger partial charge in [0.25, 0.3) is 20.2 Å². The summed E-state index contributed by atoms with van der Waals surface area (Å²) in [6.45, 7) is 0. The van der Waals surface area contributed by atoms with Crippen molar-refractivity contribution in [3.63, 3.8) is 0 Å². The molecular weight excluding hydrogens is 495 g/mol. The van der Waals surface area contributed by atoms with E-state index >= 15 is 0 Å². The number of fused-ring (bicyclic) bond motifs is 1. The van der Waals surface area contributed by atoms with Gasteiger partial charge >= 0.3 is 0 Å². The van der Waals surface area contributed by atoms with Crippen molar-refractivity contribution >= 4 is 49.8 Å². The smallest absolute Gasteiger partial charge is 0.255 e. The van der Waals surface area contributed by atoms with Crippen molar-refractivity contribution < 1.29 is 25.2 Å². The molecule has 0 N–H and O–H groups in total. The molecular formula is C26H20NaO6S2. The van der Waals surface area contributed by atoms with Crippen molar-refractivity contribution in [2.75, 3.05) is 0 Å². The predicted molar refractivity (Wildman–Crippen MR) is 133 cm³/mol. The summed E-state index contributed by atoms with van der Waals surface area (Å²) in [5.41, 5.74) is 1.70. The maximum atomic E-state index is 13.7. The van der Waals surface area contributed by atoms with Gasteiger partial charge in [0.1, 0.15) is 22.0 Å². The maximum Gasteiger partial charge on any atom is 0.299 e. The van der Waals surface area contributed by atoms with E-state index < -0.39 is 42.2 Å². The van der Waals surface area contributed by atoms with Crippen LogP contribution < -0.4 is 0 Å². The van der Waals surface area contributed by atoms with E-state index in [2.05, 4.69) is 0 Å².